The predicted octanol–water partition coefficient (Wildman–Crippen LogP) is 2.30. The van der Waals surface area contributed by atoms with E-state index in [9.17, 15) is 0 Å². The summed E-state index contributed by atoms with van der Waals surface area (Å²) < 4.78 is 7.55. The molecule has 3 heteroatoms. The second kappa shape index (κ2) is 3.95. The van der Waals surface area contributed by atoms with Crippen molar-refractivity contribution >= 4 is 16.6 Å². The first-order valence-corrected chi connectivity index (χ1v) is 5.14. The molecular formula is C12H16N2O. The van der Waals surface area contributed by atoms with Crippen LogP contribution in [0.3, 0.4) is 0 Å². The Labute approximate surface area is 89.4 Å². The zero-order valence-electron chi connectivity index (χ0n) is 9.16. The van der Waals surface area contributed by atoms with Crippen LogP contribution in [0.4, 0.5) is 5.69 Å². The first-order valence-electron chi connectivity index (χ1n) is 5.14. The molecule has 0 atom stereocenters. The van der Waals surface area contributed by atoms with Gasteiger partial charge in [-0.1, -0.05) is 0 Å². The second-order valence-corrected chi connectivity index (χ2v) is 3.65. The van der Waals surface area contributed by atoms with E-state index >= 15 is 0 Å². The van der Waals surface area contributed by atoms with Crippen LogP contribution in [-0.2, 0) is 18.4 Å². The highest BCUT2D eigenvalue weighted by Crippen LogP contribution is 2.21. The van der Waals surface area contributed by atoms with Crippen molar-refractivity contribution in [2.45, 2.75) is 13.5 Å². The summed E-state index contributed by atoms with van der Waals surface area (Å²) in [5.74, 6) is 0. The molecule has 0 aliphatic rings. The molecule has 0 aliphatic heterocycles. The monoisotopic (exact) mass is 204 g/mol. The summed E-state index contributed by atoms with van der Waals surface area (Å²) in [4.78, 5) is 0. The number of fused-ring (bicyclic) bond motifs is 1. The van der Waals surface area contributed by atoms with E-state index in [1.54, 1.807) is 0 Å². The van der Waals surface area contributed by atoms with Crippen molar-refractivity contribution < 1.29 is 4.74 Å². The van der Waals surface area contributed by atoms with Gasteiger partial charge in [0.15, 0.2) is 0 Å². The minimum Gasteiger partial charge on any atom is -0.399 e. The van der Waals surface area contributed by atoms with Crippen LogP contribution in [0, 0.1) is 0 Å². The van der Waals surface area contributed by atoms with Crippen molar-refractivity contribution in [1.29, 1.82) is 0 Å². The number of ether oxygens (including phenoxy) is 1. The molecule has 2 N–H and O–H groups in total. The molecule has 2 rings (SSSR count). The van der Waals surface area contributed by atoms with E-state index < -0.39 is 0 Å². The summed E-state index contributed by atoms with van der Waals surface area (Å²) in [6.45, 7) is 3.39. The summed E-state index contributed by atoms with van der Waals surface area (Å²) >= 11 is 0. The van der Waals surface area contributed by atoms with Gasteiger partial charge in [-0.3, -0.25) is 0 Å². The number of aryl methyl sites for hydroxylation is 1. The van der Waals surface area contributed by atoms with Gasteiger partial charge in [0.1, 0.15) is 0 Å². The lowest BCUT2D eigenvalue weighted by molar-refractivity contribution is 0.129. The Morgan fingerprint density at radius 2 is 2.13 bits per heavy atom. The molecule has 1 heterocycles. The van der Waals surface area contributed by atoms with Crippen molar-refractivity contribution in [3.63, 3.8) is 0 Å². The summed E-state index contributed by atoms with van der Waals surface area (Å²) in [5, 5.41) is 1.17. The van der Waals surface area contributed by atoms with Crippen molar-refractivity contribution in [3.05, 3.63) is 30.0 Å². The highest BCUT2D eigenvalue weighted by molar-refractivity contribution is 5.84. The highest BCUT2D eigenvalue weighted by atomic mass is 16.5. The lowest BCUT2D eigenvalue weighted by Crippen LogP contribution is -1.99. The van der Waals surface area contributed by atoms with E-state index in [1.165, 1.54) is 16.6 Å². The Bertz CT molecular complexity index is 474. The summed E-state index contributed by atoms with van der Waals surface area (Å²) in [6.07, 6.45) is 0. The first-order chi connectivity index (χ1) is 7.22. The first kappa shape index (κ1) is 10.1. The van der Waals surface area contributed by atoms with E-state index in [0.717, 1.165) is 12.3 Å². The standard InChI is InChI=1S/C12H16N2O/c1-3-15-8-11-7-9-6-10(13)4-5-12(9)14(11)2/h4-7H,3,8,13H2,1-2H3. The SMILES string of the molecule is CCOCc1cc2cc(N)ccc2n1C. The molecular weight excluding hydrogens is 188 g/mol. The van der Waals surface area contributed by atoms with E-state index in [4.69, 9.17) is 10.5 Å². The van der Waals surface area contributed by atoms with Crippen LogP contribution < -0.4 is 5.73 Å². The van der Waals surface area contributed by atoms with Crippen LogP contribution in [0.15, 0.2) is 24.3 Å². The normalized spacial score (nSPS) is 11.1. The molecule has 0 amide bonds. The molecule has 0 saturated carbocycles. The van der Waals surface area contributed by atoms with Gasteiger partial charge in [-0.2, -0.15) is 0 Å². The maximum absolute atomic E-state index is 5.74. The number of nitrogens with two attached hydrogens (primary N) is 1. The highest BCUT2D eigenvalue weighted by Gasteiger charge is 2.05. The third-order valence-corrected chi connectivity index (χ3v) is 2.62. The minimum absolute atomic E-state index is 0.654. The largest absolute Gasteiger partial charge is 0.399 e. The number of hydrogen-bond donors (Lipinski definition) is 1. The summed E-state index contributed by atoms with van der Waals surface area (Å²) in [5.41, 5.74) is 8.92. The van der Waals surface area contributed by atoms with Crippen molar-refractivity contribution in [2.75, 3.05) is 12.3 Å². The van der Waals surface area contributed by atoms with E-state index in [0.29, 0.717) is 6.61 Å². The average molecular weight is 204 g/mol. The Balaban J connectivity index is 2.44. The van der Waals surface area contributed by atoms with Gasteiger partial charge in [0.2, 0.25) is 0 Å². The molecule has 1 aromatic heterocycles. The van der Waals surface area contributed by atoms with Gasteiger partial charge in [-0.15, -0.1) is 0 Å². The van der Waals surface area contributed by atoms with E-state index in [2.05, 4.69) is 10.6 Å². The van der Waals surface area contributed by atoms with Crippen molar-refractivity contribution in [1.82, 2.24) is 4.57 Å². The summed E-state index contributed by atoms with van der Waals surface area (Å²) in [6, 6.07) is 8.08. The van der Waals surface area contributed by atoms with Gasteiger partial charge in [0.05, 0.1) is 6.61 Å². The lowest BCUT2D eigenvalue weighted by atomic mass is 10.2. The molecule has 0 saturated heterocycles. The predicted molar refractivity (Wildman–Crippen MR) is 62.7 cm³/mol. The molecule has 15 heavy (non-hydrogen) atoms. The molecule has 3 nitrogen and oxygen atoms in total. The fraction of sp³-hybridized carbons (Fsp3) is 0.333. The topological polar surface area (TPSA) is 40.2 Å². The Morgan fingerprint density at radius 3 is 2.87 bits per heavy atom. The number of hydrogen-bond acceptors (Lipinski definition) is 2. The lowest BCUT2D eigenvalue weighted by Gasteiger charge is -2.03. The molecule has 1 aromatic carbocycles. The number of nitrogens with zero attached hydrogens (tertiary/aromatic N) is 1. The van der Waals surface area contributed by atoms with Gasteiger partial charge in [0, 0.05) is 35.9 Å². The van der Waals surface area contributed by atoms with Gasteiger partial charge in [-0.05, 0) is 31.2 Å². The van der Waals surface area contributed by atoms with E-state index in [-0.39, 0.29) is 0 Å². The van der Waals surface area contributed by atoms with Crippen LogP contribution >= 0.6 is 0 Å². The quantitative estimate of drug-likeness (QED) is 0.779. The van der Waals surface area contributed by atoms with Gasteiger partial charge in [-0.25, -0.2) is 0 Å². The maximum Gasteiger partial charge on any atom is 0.0867 e. The zero-order valence-corrected chi connectivity index (χ0v) is 9.16. The molecule has 0 radical (unpaired) electrons. The molecule has 0 aliphatic carbocycles. The van der Waals surface area contributed by atoms with Crippen molar-refractivity contribution in [2.24, 2.45) is 7.05 Å². The Hall–Kier alpha value is -1.48. The number of nitrogen functional groups attached to an aromatic ring is 1. The van der Waals surface area contributed by atoms with Crippen LogP contribution in [0.25, 0.3) is 10.9 Å². The molecule has 2 aromatic rings. The van der Waals surface area contributed by atoms with Crippen molar-refractivity contribution in [3.8, 4) is 0 Å². The Morgan fingerprint density at radius 1 is 1.33 bits per heavy atom. The molecule has 0 spiro atoms. The van der Waals surface area contributed by atoms with Crippen LogP contribution in [0.1, 0.15) is 12.6 Å². The van der Waals surface area contributed by atoms with Crippen LogP contribution in [0.5, 0.6) is 0 Å². The summed E-state index contributed by atoms with van der Waals surface area (Å²) in [7, 11) is 2.05. The number of aromatic nitrogens is 1. The van der Waals surface area contributed by atoms with Gasteiger partial charge >= 0.3 is 0 Å². The fourth-order valence-electron chi connectivity index (χ4n) is 1.77. The third kappa shape index (κ3) is 1.83. The number of anilines is 1. The number of benzene rings is 1. The fourth-order valence-corrected chi connectivity index (χ4v) is 1.77. The zero-order chi connectivity index (χ0) is 10.8. The molecule has 80 valence electrons. The number of rotatable bonds is 3. The molecule has 0 fully saturated rings. The van der Waals surface area contributed by atoms with Gasteiger partial charge in [0.25, 0.3) is 0 Å². The maximum atomic E-state index is 5.74. The van der Waals surface area contributed by atoms with Crippen LogP contribution in [-0.4, -0.2) is 11.2 Å². The molecule has 0 unspecified atom stereocenters. The van der Waals surface area contributed by atoms with Gasteiger partial charge < -0.3 is 15.0 Å². The Kier molecular flexibility index (Phi) is 2.64. The van der Waals surface area contributed by atoms with Crippen LogP contribution in [0.2, 0.25) is 0 Å². The second-order valence-electron chi connectivity index (χ2n) is 3.65. The smallest absolute Gasteiger partial charge is 0.0867 e. The third-order valence-electron chi connectivity index (χ3n) is 2.62. The molecule has 0 bridgehead atoms. The minimum atomic E-state index is 0.654. The van der Waals surface area contributed by atoms with E-state index in [1.807, 2.05) is 32.2 Å². The average Bonchev–Trinajstić information content (AvgIpc) is 2.52.